The molecule has 2 N–H and O–H groups in total. The molecule has 3 aromatic rings. The fourth-order valence-electron chi connectivity index (χ4n) is 2.55. The molecule has 2 aromatic heterocycles. The largest absolute Gasteiger partial charge is 0.481 e. The molecule has 0 unspecified atom stereocenters. The van der Waals surface area contributed by atoms with Crippen LogP contribution in [0.3, 0.4) is 0 Å². The van der Waals surface area contributed by atoms with Crippen LogP contribution in [0.25, 0.3) is 5.69 Å². The molecule has 10 heteroatoms. The van der Waals surface area contributed by atoms with Crippen molar-refractivity contribution < 1.29 is 23.1 Å². The summed E-state index contributed by atoms with van der Waals surface area (Å²) in [7, 11) is 0. The highest BCUT2D eigenvalue weighted by atomic mass is 19.4. The van der Waals surface area contributed by atoms with E-state index in [0.29, 0.717) is 17.8 Å². The quantitative estimate of drug-likeness (QED) is 0.665. The lowest BCUT2D eigenvalue weighted by atomic mass is 10.2. The van der Waals surface area contributed by atoms with E-state index in [1.165, 1.54) is 0 Å². The number of alkyl halides is 3. The van der Waals surface area contributed by atoms with Gasteiger partial charge in [-0.2, -0.15) is 18.3 Å². The zero-order valence-electron chi connectivity index (χ0n) is 14.7. The van der Waals surface area contributed by atoms with E-state index in [1.807, 2.05) is 13.0 Å². The highest BCUT2D eigenvalue weighted by Crippen LogP contribution is 2.28. The first-order chi connectivity index (χ1) is 13.2. The Morgan fingerprint density at radius 2 is 2.07 bits per heavy atom. The Morgan fingerprint density at radius 3 is 2.79 bits per heavy atom. The van der Waals surface area contributed by atoms with E-state index in [1.54, 1.807) is 29.2 Å². The minimum absolute atomic E-state index is 0.000793. The monoisotopic (exact) mass is 391 g/mol. The summed E-state index contributed by atoms with van der Waals surface area (Å²) in [5.41, 5.74) is 1.73. The number of carbonyl (C=O) groups is 1. The van der Waals surface area contributed by atoms with Gasteiger partial charge in [0.05, 0.1) is 11.9 Å². The van der Waals surface area contributed by atoms with E-state index < -0.39 is 17.8 Å². The molecule has 0 bridgehead atoms. The zero-order chi connectivity index (χ0) is 20.3. The smallest absolute Gasteiger partial charge is 0.433 e. The van der Waals surface area contributed by atoms with Crippen LogP contribution in [-0.2, 0) is 17.4 Å². The number of aromatic nitrogens is 4. The summed E-state index contributed by atoms with van der Waals surface area (Å²) in [4.78, 5) is 18.0. The first kappa shape index (κ1) is 19.3. The van der Waals surface area contributed by atoms with Crippen molar-refractivity contribution >= 4 is 17.6 Å². The van der Waals surface area contributed by atoms with Crippen molar-refractivity contribution in [1.29, 1.82) is 0 Å². The van der Waals surface area contributed by atoms with Gasteiger partial charge in [0.1, 0.15) is 5.69 Å². The van der Waals surface area contributed by atoms with Crippen molar-refractivity contribution in [2.75, 3.05) is 5.32 Å². The van der Waals surface area contributed by atoms with Crippen molar-refractivity contribution in [3.63, 3.8) is 0 Å². The van der Waals surface area contributed by atoms with E-state index in [-0.39, 0.29) is 12.4 Å². The van der Waals surface area contributed by atoms with E-state index in [2.05, 4.69) is 20.4 Å². The molecule has 0 fully saturated rings. The number of benzene rings is 1. The second-order valence-electron chi connectivity index (χ2n) is 6.13. The number of aryl methyl sites for hydroxylation is 2. The molecule has 3 rings (SSSR count). The Balaban J connectivity index is 1.83. The van der Waals surface area contributed by atoms with Gasteiger partial charge in [-0.25, -0.2) is 14.6 Å². The summed E-state index contributed by atoms with van der Waals surface area (Å²) < 4.78 is 40.0. The van der Waals surface area contributed by atoms with Crippen LogP contribution in [0, 0.1) is 6.92 Å². The topological polar surface area (TPSA) is 92.9 Å². The normalized spacial score (nSPS) is 11.4. The molecular weight excluding hydrogens is 375 g/mol. The highest BCUT2D eigenvalue weighted by Gasteiger charge is 2.32. The Bertz CT molecular complexity index is 1000. The molecule has 7 nitrogen and oxygen atoms in total. The fraction of sp³-hybridized carbons (Fsp3) is 0.222. The number of hydrogen-bond donors (Lipinski definition) is 2. The van der Waals surface area contributed by atoms with Crippen LogP contribution in [0.1, 0.15) is 23.2 Å². The number of anilines is 2. The van der Waals surface area contributed by atoms with Crippen LogP contribution >= 0.6 is 0 Å². The molecule has 28 heavy (non-hydrogen) atoms. The van der Waals surface area contributed by atoms with Crippen molar-refractivity contribution in [2.45, 2.75) is 25.9 Å². The van der Waals surface area contributed by atoms with Crippen molar-refractivity contribution in [3.8, 4) is 5.69 Å². The highest BCUT2D eigenvalue weighted by molar-refractivity contribution is 5.67. The van der Waals surface area contributed by atoms with Gasteiger partial charge in [0.2, 0.25) is 5.95 Å². The lowest BCUT2D eigenvalue weighted by molar-refractivity contribution is -0.141. The van der Waals surface area contributed by atoms with E-state index in [4.69, 9.17) is 5.11 Å². The maximum absolute atomic E-state index is 12.8. The SMILES string of the molecule is Cc1cc(Nc2nccc(C(F)(F)F)n2)cc(-n2cc(CCC(=O)O)cn2)c1. The maximum Gasteiger partial charge on any atom is 0.433 e. The number of aliphatic carboxylic acids is 1. The average Bonchev–Trinajstić information content (AvgIpc) is 3.08. The molecule has 0 aliphatic heterocycles. The van der Waals surface area contributed by atoms with E-state index in [0.717, 1.165) is 23.4 Å². The van der Waals surface area contributed by atoms with Gasteiger partial charge in [-0.15, -0.1) is 0 Å². The predicted molar refractivity (Wildman–Crippen MR) is 94.6 cm³/mol. The third-order valence-electron chi connectivity index (χ3n) is 3.79. The van der Waals surface area contributed by atoms with Gasteiger partial charge in [-0.1, -0.05) is 0 Å². The second-order valence-corrected chi connectivity index (χ2v) is 6.13. The number of nitrogens with one attached hydrogen (secondary N) is 1. The maximum atomic E-state index is 12.8. The van der Waals surface area contributed by atoms with Crippen LogP contribution in [0.4, 0.5) is 24.8 Å². The lowest BCUT2D eigenvalue weighted by Crippen LogP contribution is -2.10. The summed E-state index contributed by atoms with van der Waals surface area (Å²) in [6.45, 7) is 1.83. The molecule has 0 spiro atoms. The number of rotatable bonds is 6. The third kappa shape index (κ3) is 4.84. The number of carboxylic acids is 1. The number of halogens is 3. The summed E-state index contributed by atoms with van der Waals surface area (Å²) >= 11 is 0. The molecule has 0 atom stereocenters. The molecule has 0 aliphatic carbocycles. The number of hydrogen-bond acceptors (Lipinski definition) is 5. The van der Waals surface area contributed by atoms with Gasteiger partial charge < -0.3 is 10.4 Å². The molecular formula is C18H16F3N5O2. The molecule has 146 valence electrons. The Morgan fingerprint density at radius 1 is 1.29 bits per heavy atom. The summed E-state index contributed by atoms with van der Waals surface area (Å²) in [5, 5.41) is 15.8. The Kier molecular flexibility index (Phi) is 5.30. The van der Waals surface area contributed by atoms with Crippen LogP contribution in [0.15, 0.2) is 42.9 Å². The number of carboxylic acid groups (broad SMARTS) is 1. The van der Waals surface area contributed by atoms with Crippen LogP contribution in [0.2, 0.25) is 0 Å². The summed E-state index contributed by atoms with van der Waals surface area (Å²) in [6.07, 6.45) is 0.121. The molecule has 2 heterocycles. The Labute approximate surface area is 157 Å². The summed E-state index contributed by atoms with van der Waals surface area (Å²) in [5.74, 6) is -1.06. The molecule has 0 radical (unpaired) electrons. The minimum atomic E-state index is -4.56. The second kappa shape index (κ2) is 7.67. The van der Waals surface area contributed by atoms with Gasteiger partial charge in [0.15, 0.2) is 0 Å². The summed E-state index contributed by atoms with van der Waals surface area (Å²) in [6, 6.07) is 6.06. The van der Waals surface area contributed by atoms with Crippen LogP contribution in [-0.4, -0.2) is 30.8 Å². The lowest BCUT2D eigenvalue weighted by Gasteiger charge is -2.11. The van der Waals surface area contributed by atoms with Crippen LogP contribution < -0.4 is 5.32 Å². The van der Waals surface area contributed by atoms with Gasteiger partial charge in [-0.3, -0.25) is 4.79 Å². The molecule has 0 saturated heterocycles. The van der Waals surface area contributed by atoms with Crippen molar-refractivity contribution in [2.24, 2.45) is 0 Å². The predicted octanol–water partition coefficient (Wildman–Crippen LogP) is 3.75. The van der Waals surface area contributed by atoms with Crippen molar-refractivity contribution in [3.05, 3.63) is 59.7 Å². The molecule has 0 amide bonds. The average molecular weight is 391 g/mol. The molecule has 1 aromatic carbocycles. The van der Waals surface area contributed by atoms with E-state index >= 15 is 0 Å². The molecule has 0 aliphatic rings. The van der Waals surface area contributed by atoms with Crippen LogP contribution in [0.5, 0.6) is 0 Å². The van der Waals surface area contributed by atoms with Gasteiger partial charge >= 0.3 is 12.1 Å². The minimum Gasteiger partial charge on any atom is -0.481 e. The van der Waals surface area contributed by atoms with Gasteiger partial charge in [0, 0.05) is 24.5 Å². The first-order valence-electron chi connectivity index (χ1n) is 8.25. The Hall–Kier alpha value is -3.43. The van der Waals surface area contributed by atoms with E-state index in [9.17, 15) is 18.0 Å². The van der Waals surface area contributed by atoms with Gasteiger partial charge in [-0.05, 0) is 48.7 Å². The van der Waals surface area contributed by atoms with Gasteiger partial charge in [0.25, 0.3) is 0 Å². The molecule has 0 saturated carbocycles. The standard InChI is InChI=1S/C18H16F3N5O2/c1-11-6-13(24-17-22-5-4-15(25-17)18(19,20)21)8-14(7-11)26-10-12(9-23-26)2-3-16(27)28/h4-10H,2-3H2,1H3,(H,27,28)(H,22,24,25). The first-order valence-corrected chi connectivity index (χ1v) is 8.25. The van der Waals surface area contributed by atoms with Crippen molar-refractivity contribution in [1.82, 2.24) is 19.7 Å². The fourth-order valence-corrected chi connectivity index (χ4v) is 2.55. The number of nitrogens with zero attached hydrogens (tertiary/aromatic N) is 4. The third-order valence-corrected chi connectivity index (χ3v) is 3.79. The zero-order valence-corrected chi connectivity index (χ0v) is 14.7.